The summed E-state index contributed by atoms with van der Waals surface area (Å²) in [4.78, 5) is 25.0. The summed E-state index contributed by atoms with van der Waals surface area (Å²) in [6.45, 7) is 0.713. The van der Waals surface area contributed by atoms with Gasteiger partial charge in [0.1, 0.15) is 0 Å². The molecule has 1 atom stereocenters. The summed E-state index contributed by atoms with van der Waals surface area (Å²) >= 11 is 1.75. The van der Waals surface area contributed by atoms with E-state index in [-0.39, 0.29) is 18.4 Å². The number of thioether (sulfide) groups is 1. The Labute approximate surface area is 125 Å². The molecular weight excluding hydrogens is 274 g/mol. The molecule has 2 aliphatic rings. The lowest BCUT2D eigenvalue weighted by molar-refractivity contribution is -0.140. The van der Waals surface area contributed by atoms with Crippen molar-refractivity contribution in [1.29, 1.82) is 0 Å². The van der Waals surface area contributed by atoms with Crippen LogP contribution >= 0.6 is 11.8 Å². The Morgan fingerprint density at radius 1 is 1.25 bits per heavy atom. The number of carboxylic acid groups (broad SMARTS) is 1. The number of nitrogens with zero attached hydrogens (tertiary/aromatic N) is 1. The number of rotatable bonds is 6. The fourth-order valence-corrected chi connectivity index (χ4v) is 4.40. The first-order valence-electron chi connectivity index (χ1n) is 7.76. The number of carbonyl (C=O) groups is 2. The fraction of sp³-hybridized carbons (Fsp3) is 0.867. The maximum absolute atomic E-state index is 12.3. The molecule has 1 amide bonds. The lowest BCUT2D eigenvalue weighted by Gasteiger charge is -2.34. The van der Waals surface area contributed by atoms with E-state index in [1.807, 2.05) is 4.90 Å². The molecule has 0 aromatic heterocycles. The first-order chi connectivity index (χ1) is 9.66. The molecule has 114 valence electrons. The standard InChI is InChI=1S/C15H25NO3S/c17-14(7-3-6-12-4-1-2-5-12)16-8-9-20-11-13(16)10-15(18)19/h12-13H,1-11H2,(H,18,19). The molecule has 1 aliphatic carbocycles. The van der Waals surface area contributed by atoms with Crippen molar-refractivity contribution in [2.45, 2.75) is 57.4 Å². The van der Waals surface area contributed by atoms with Crippen LogP contribution in [0.15, 0.2) is 0 Å². The number of carboxylic acids is 1. The molecule has 1 unspecified atom stereocenters. The SMILES string of the molecule is O=C(O)CC1CSCCN1C(=O)CCCC1CCCC1. The molecule has 2 rings (SSSR count). The smallest absolute Gasteiger partial charge is 0.305 e. The third-order valence-corrected chi connectivity index (χ3v) is 5.53. The molecule has 1 heterocycles. The molecule has 5 heteroatoms. The van der Waals surface area contributed by atoms with Gasteiger partial charge in [0.05, 0.1) is 12.5 Å². The molecule has 1 saturated heterocycles. The van der Waals surface area contributed by atoms with Crippen molar-refractivity contribution < 1.29 is 14.7 Å². The number of amides is 1. The summed E-state index contributed by atoms with van der Waals surface area (Å²) in [6, 6.07) is -0.106. The van der Waals surface area contributed by atoms with E-state index < -0.39 is 5.97 Å². The summed E-state index contributed by atoms with van der Waals surface area (Å²) in [5.41, 5.74) is 0. The second-order valence-electron chi connectivity index (χ2n) is 5.96. The number of hydrogen-bond acceptors (Lipinski definition) is 3. The van der Waals surface area contributed by atoms with Gasteiger partial charge in [-0.3, -0.25) is 9.59 Å². The average Bonchev–Trinajstić information content (AvgIpc) is 2.91. The van der Waals surface area contributed by atoms with Gasteiger partial charge in [-0.25, -0.2) is 0 Å². The number of hydrogen-bond donors (Lipinski definition) is 1. The molecule has 2 fully saturated rings. The van der Waals surface area contributed by atoms with Gasteiger partial charge in [0.2, 0.25) is 5.91 Å². The molecular formula is C15H25NO3S. The molecule has 1 N–H and O–H groups in total. The summed E-state index contributed by atoms with van der Waals surface area (Å²) in [5.74, 6) is 1.89. The van der Waals surface area contributed by atoms with Crippen LogP contribution in [0.5, 0.6) is 0 Å². The Morgan fingerprint density at radius 3 is 2.70 bits per heavy atom. The van der Waals surface area contributed by atoms with Gasteiger partial charge in [-0.05, 0) is 18.8 Å². The van der Waals surface area contributed by atoms with Crippen LogP contribution < -0.4 is 0 Å². The highest BCUT2D eigenvalue weighted by molar-refractivity contribution is 7.99. The molecule has 1 aliphatic heterocycles. The average molecular weight is 299 g/mol. The summed E-state index contributed by atoms with van der Waals surface area (Å²) < 4.78 is 0. The maximum Gasteiger partial charge on any atom is 0.305 e. The summed E-state index contributed by atoms with van der Waals surface area (Å²) in [6.07, 6.45) is 8.17. The van der Waals surface area contributed by atoms with E-state index in [0.29, 0.717) is 13.0 Å². The molecule has 20 heavy (non-hydrogen) atoms. The molecule has 0 bridgehead atoms. The second kappa shape index (κ2) is 7.91. The molecule has 0 aromatic carbocycles. The van der Waals surface area contributed by atoms with E-state index in [1.54, 1.807) is 11.8 Å². The van der Waals surface area contributed by atoms with Gasteiger partial charge in [0, 0.05) is 24.5 Å². The zero-order chi connectivity index (χ0) is 14.4. The largest absolute Gasteiger partial charge is 0.481 e. The van der Waals surface area contributed by atoms with Crippen LogP contribution in [-0.2, 0) is 9.59 Å². The van der Waals surface area contributed by atoms with Gasteiger partial charge < -0.3 is 10.0 Å². The number of carbonyl (C=O) groups excluding carboxylic acids is 1. The lowest BCUT2D eigenvalue weighted by atomic mass is 10.00. The van der Waals surface area contributed by atoms with E-state index >= 15 is 0 Å². The quantitative estimate of drug-likeness (QED) is 0.819. The van der Waals surface area contributed by atoms with Crippen molar-refractivity contribution in [1.82, 2.24) is 4.90 Å². The van der Waals surface area contributed by atoms with Gasteiger partial charge in [-0.1, -0.05) is 25.7 Å². The van der Waals surface area contributed by atoms with Crippen molar-refractivity contribution >= 4 is 23.6 Å². The van der Waals surface area contributed by atoms with Crippen LogP contribution in [-0.4, -0.2) is 46.0 Å². The van der Waals surface area contributed by atoms with E-state index in [4.69, 9.17) is 5.11 Å². The highest BCUT2D eigenvalue weighted by Crippen LogP contribution is 2.29. The van der Waals surface area contributed by atoms with Crippen molar-refractivity contribution in [3.63, 3.8) is 0 Å². The Morgan fingerprint density at radius 2 is 2.00 bits per heavy atom. The van der Waals surface area contributed by atoms with Crippen LogP contribution in [0.4, 0.5) is 0 Å². The zero-order valence-corrected chi connectivity index (χ0v) is 12.9. The van der Waals surface area contributed by atoms with Crippen LogP contribution in [0.1, 0.15) is 51.4 Å². The van der Waals surface area contributed by atoms with Gasteiger partial charge >= 0.3 is 5.97 Å². The summed E-state index contributed by atoms with van der Waals surface area (Å²) in [5, 5.41) is 8.94. The van der Waals surface area contributed by atoms with Crippen LogP contribution in [0, 0.1) is 5.92 Å². The Bertz CT molecular complexity index is 342. The van der Waals surface area contributed by atoms with E-state index in [1.165, 1.54) is 25.7 Å². The third kappa shape index (κ3) is 4.69. The topological polar surface area (TPSA) is 57.6 Å². The predicted octanol–water partition coefficient (Wildman–Crippen LogP) is 2.77. The minimum atomic E-state index is -0.804. The molecule has 1 saturated carbocycles. The van der Waals surface area contributed by atoms with Crippen LogP contribution in [0.25, 0.3) is 0 Å². The van der Waals surface area contributed by atoms with E-state index in [2.05, 4.69) is 0 Å². The van der Waals surface area contributed by atoms with E-state index in [9.17, 15) is 9.59 Å². The number of aliphatic carboxylic acids is 1. The first kappa shape index (κ1) is 15.7. The molecule has 0 radical (unpaired) electrons. The molecule has 4 nitrogen and oxygen atoms in total. The zero-order valence-electron chi connectivity index (χ0n) is 12.1. The predicted molar refractivity (Wildman–Crippen MR) is 80.9 cm³/mol. The fourth-order valence-electron chi connectivity index (χ4n) is 3.34. The van der Waals surface area contributed by atoms with Gasteiger partial charge in [-0.15, -0.1) is 0 Å². The van der Waals surface area contributed by atoms with Crippen molar-refractivity contribution in [3.8, 4) is 0 Å². The normalized spacial score (nSPS) is 24.0. The van der Waals surface area contributed by atoms with Gasteiger partial charge in [0.25, 0.3) is 0 Å². The minimum Gasteiger partial charge on any atom is -0.481 e. The summed E-state index contributed by atoms with van der Waals surface area (Å²) in [7, 11) is 0. The molecule has 0 spiro atoms. The Kier molecular flexibility index (Phi) is 6.20. The lowest BCUT2D eigenvalue weighted by Crippen LogP contribution is -2.47. The van der Waals surface area contributed by atoms with Crippen molar-refractivity contribution in [2.75, 3.05) is 18.1 Å². The minimum absolute atomic E-state index is 0.0847. The van der Waals surface area contributed by atoms with Gasteiger partial charge in [-0.2, -0.15) is 11.8 Å². The monoisotopic (exact) mass is 299 g/mol. The maximum atomic E-state index is 12.3. The first-order valence-corrected chi connectivity index (χ1v) is 8.91. The highest BCUT2D eigenvalue weighted by Gasteiger charge is 2.28. The van der Waals surface area contributed by atoms with Gasteiger partial charge in [0.15, 0.2) is 0 Å². The highest BCUT2D eigenvalue weighted by atomic mass is 32.2. The van der Waals surface area contributed by atoms with Crippen LogP contribution in [0.3, 0.4) is 0 Å². The van der Waals surface area contributed by atoms with Crippen molar-refractivity contribution in [2.24, 2.45) is 5.92 Å². The Hall–Kier alpha value is -0.710. The Balaban J connectivity index is 1.74. The van der Waals surface area contributed by atoms with E-state index in [0.717, 1.165) is 30.3 Å². The second-order valence-corrected chi connectivity index (χ2v) is 7.11. The van der Waals surface area contributed by atoms with Crippen LogP contribution in [0.2, 0.25) is 0 Å². The third-order valence-electron chi connectivity index (χ3n) is 4.44. The van der Waals surface area contributed by atoms with Crippen molar-refractivity contribution in [3.05, 3.63) is 0 Å². The molecule has 0 aromatic rings.